The van der Waals surface area contributed by atoms with Crippen LogP contribution in [0.1, 0.15) is 91.8 Å². The van der Waals surface area contributed by atoms with Crippen LogP contribution in [0.3, 0.4) is 0 Å². The zero-order chi connectivity index (χ0) is 31.8. The number of nitrogens with one attached hydrogen (secondary N) is 2. The van der Waals surface area contributed by atoms with Crippen molar-refractivity contribution in [3.8, 4) is 5.75 Å². The van der Waals surface area contributed by atoms with Crippen LogP contribution in [0.2, 0.25) is 5.02 Å². The van der Waals surface area contributed by atoms with E-state index in [0.29, 0.717) is 29.5 Å². The van der Waals surface area contributed by atoms with Crippen LogP contribution in [0.4, 0.5) is 10.5 Å². The number of alkyl carbamates (subject to hydrolysis) is 1. The maximum atomic E-state index is 14.6. The van der Waals surface area contributed by atoms with Gasteiger partial charge in [-0.1, -0.05) is 76.0 Å². The molecule has 3 amide bonds. The summed E-state index contributed by atoms with van der Waals surface area (Å²) in [6, 6.07) is 9.17. The van der Waals surface area contributed by atoms with E-state index in [9.17, 15) is 19.5 Å². The first-order chi connectivity index (χ1) is 19.6. The first-order valence-electron chi connectivity index (χ1n) is 14.7. The lowest BCUT2D eigenvalue weighted by Crippen LogP contribution is -2.57. The van der Waals surface area contributed by atoms with Crippen molar-refractivity contribution in [3.63, 3.8) is 0 Å². The number of ether oxygens (including phenoxy) is 1. The molecule has 0 saturated carbocycles. The van der Waals surface area contributed by atoms with E-state index in [1.54, 1.807) is 51.1 Å². The monoisotopic (exact) mass is 601 g/mol. The predicted molar refractivity (Wildman–Crippen MR) is 169 cm³/mol. The smallest absolute Gasteiger partial charge is 0.408 e. The number of hydrogen-bond acceptors (Lipinski definition) is 5. The van der Waals surface area contributed by atoms with Gasteiger partial charge >= 0.3 is 6.09 Å². The number of aromatic hydroxyl groups is 1. The summed E-state index contributed by atoms with van der Waals surface area (Å²) in [6.45, 7) is 17.0. The molecule has 0 aliphatic rings. The summed E-state index contributed by atoms with van der Waals surface area (Å²) in [6.07, 6.45) is 1.28. The maximum absolute atomic E-state index is 14.6. The Labute approximate surface area is 256 Å². The fourth-order valence-corrected chi connectivity index (χ4v) is 4.98. The molecule has 2 aromatic carbocycles. The number of carbonyl (C=O) groups excluding carboxylic acids is 3. The Morgan fingerprint density at radius 3 is 2.19 bits per heavy atom. The van der Waals surface area contributed by atoms with Crippen LogP contribution in [0, 0.1) is 18.8 Å². The Kier molecular flexibility index (Phi) is 12.7. The molecule has 9 heteroatoms. The molecule has 0 saturated heterocycles. The van der Waals surface area contributed by atoms with Gasteiger partial charge in [0.15, 0.2) is 0 Å². The van der Waals surface area contributed by atoms with Crippen molar-refractivity contribution in [1.82, 2.24) is 10.2 Å². The lowest BCUT2D eigenvalue weighted by Gasteiger charge is -2.40. The first-order valence-corrected chi connectivity index (χ1v) is 15.1. The summed E-state index contributed by atoms with van der Waals surface area (Å²) >= 11 is 6.46. The van der Waals surface area contributed by atoms with Crippen LogP contribution in [-0.2, 0) is 14.3 Å². The molecular formula is C33H48ClN3O5. The molecule has 0 aliphatic carbocycles. The molecule has 8 nitrogen and oxygen atoms in total. The van der Waals surface area contributed by atoms with E-state index < -0.39 is 41.6 Å². The number of hydrogen-bond donors (Lipinski definition) is 3. The summed E-state index contributed by atoms with van der Waals surface area (Å²) in [7, 11) is 0. The molecule has 0 aliphatic heterocycles. The van der Waals surface area contributed by atoms with Crippen LogP contribution in [-0.4, -0.2) is 45.6 Å². The summed E-state index contributed by atoms with van der Waals surface area (Å²) in [5, 5.41) is 17.0. The zero-order valence-corrected chi connectivity index (χ0v) is 27.2. The van der Waals surface area contributed by atoms with Gasteiger partial charge < -0.3 is 25.4 Å². The topological polar surface area (TPSA) is 108 Å². The lowest BCUT2D eigenvalue weighted by atomic mass is 9.93. The van der Waals surface area contributed by atoms with E-state index in [1.165, 1.54) is 11.0 Å². The average molecular weight is 602 g/mol. The highest BCUT2D eigenvalue weighted by Gasteiger charge is 2.41. The Bertz CT molecular complexity index is 1210. The molecule has 0 bridgehead atoms. The second kappa shape index (κ2) is 15.3. The number of amides is 3. The number of para-hydroxylation sites is 2. The summed E-state index contributed by atoms with van der Waals surface area (Å²) < 4.78 is 5.49. The SMILES string of the molecule is CCC(C)C(NC(=O)OC(C)(C)C)C(=O)N(C(C)CCC(C)C)C(C(=O)Nc1c(C)cccc1Cl)c1ccccc1O. The quantitative estimate of drug-likeness (QED) is 0.232. The molecule has 0 fully saturated rings. The minimum absolute atomic E-state index is 0.123. The Morgan fingerprint density at radius 2 is 1.64 bits per heavy atom. The molecule has 0 aromatic heterocycles. The molecule has 232 valence electrons. The molecule has 4 unspecified atom stereocenters. The van der Waals surface area contributed by atoms with Crippen molar-refractivity contribution >= 4 is 35.2 Å². The van der Waals surface area contributed by atoms with Crippen molar-refractivity contribution < 1.29 is 24.2 Å². The maximum Gasteiger partial charge on any atom is 0.408 e. The first kappa shape index (κ1) is 34.9. The number of benzene rings is 2. The number of nitrogens with zero attached hydrogens (tertiary/aromatic N) is 1. The predicted octanol–water partition coefficient (Wildman–Crippen LogP) is 7.63. The highest BCUT2D eigenvalue weighted by atomic mass is 35.5. The van der Waals surface area contributed by atoms with Gasteiger partial charge in [0.05, 0.1) is 10.7 Å². The van der Waals surface area contributed by atoms with Crippen LogP contribution in [0.5, 0.6) is 5.75 Å². The van der Waals surface area contributed by atoms with E-state index in [1.807, 2.05) is 33.8 Å². The van der Waals surface area contributed by atoms with E-state index in [2.05, 4.69) is 24.5 Å². The molecule has 3 N–H and O–H groups in total. The number of halogens is 1. The zero-order valence-electron chi connectivity index (χ0n) is 26.5. The van der Waals surface area contributed by atoms with Gasteiger partial charge in [-0.05, 0) is 77.0 Å². The molecule has 0 radical (unpaired) electrons. The average Bonchev–Trinajstić information content (AvgIpc) is 2.89. The molecule has 2 rings (SSSR count). The second-order valence-corrected chi connectivity index (χ2v) is 12.9. The Balaban J connectivity index is 2.71. The largest absolute Gasteiger partial charge is 0.508 e. The van der Waals surface area contributed by atoms with E-state index >= 15 is 0 Å². The van der Waals surface area contributed by atoms with Gasteiger partial charge in [-0.2, -0.15) is 0 Å². The van der Waals surface area contributed by atoms with Gasteiger partial charge in [0.25, 0.3) is 5.91 Å². The molecule has 0 spiro atoms. The van der Waals surface area contributed by atoms with Crippen molar-refractivity contribution in [2.45, 2.75) is 105 Å². The van der Waals surface area contributed by atoms with Crippen LogP contribution >= 0.6 is 11.6 Å². The summed E-state index contributed by atoms with van der Waals surface area (Å²) in [4.78, 5) is 43.3. The number of carbonyl (C=O) groups is 3. The number of aryl methyl sites for hydroxylation is 1. The highest BCUT2D eigenvalue weighted by Crippen LogP contribution is 2.35. The minimum atomic E-state index is -1.22. The lowest BCUT2D eigenvalue weighted by molar-refractivity contribution is -0.144. The number of anilines is 1. The molecule has 2 aromatic rings. The molecule has 4 atom stereocenters. The van der Waals surface area contributed by atoms with Crippen molar-refractivity contribution in [2.75, 3.05) is 5.32 Å². The fourth-order valence-electron chi connectivity index (χ4n) is 4.71. The summed E-state index contributed by atoms with van der Waals surface area (Å²) in [5.41, 5.74) is 0.686. The van der Waals surface area contributed by atoms with E-state index in [4.69, 9.17) is 16.3 Å². The Morgan fingerprint density at radius 1 is 1.00 bits per heavy atom. The molecule has 42 heavy (non-hydrogen) atoms. The van der Waals surface area contributed by atoms with Crippen LogP contribution in [0.25, 0.3) is 0 Å². The van der Waals surface area contributed by atoms with Gasteiger partial charge in [-0.15, -0.1) is 0 Å². The van der Waals surface area contributed by atoms with E-state index in [0.717, 1.165) is 12.0 Å². The van der Waals surface area contributed by atoms with Crippen molar-refractivity contribution in [1.29, 1.82) is 0 Å². The third kappa shape index (κ3) is 9.65. The van der Waals surface area contributed by atoms with Gasteiger partial charge in [0.2, 0.25) is 5.91 Å². The minimum Gasteiger partial charge on any atom is -0.508 e. The standard InChI is InChI=1S/C33H48ClN3O5/c1-10-21(4)28(36-32(41)42-33(7,8)9)31(40)37(23(6)19-18-20(2)3)29(24-15-11-12-17-26(24)38)30(39)35-27-22(5)14-13-16-25(27)34/h11-17,20-21,23,28-29,38H,10,18-19H2,1-9H3,(H,35,39)(H,36,41). The van der Waals surface area contributed by atoms with Gasteiger partial charge in [-0.25, -0.2) is 4.79 Å². The van der Waals surface area contributed by atoms with Crippen molar-refractivity contribution in [3.05, 3.63) is 58.6 Å². The van der Waals surface area contributed by atoms with Crippen LogP contribution < -0.4 is 10.6 Å². The van der Waals surface area contributed by atoms with Gasteiger partial charge in [-0.3, -0.25) is 9.59 Å². The third-order valence-corrected chi connectivity index (χ3v) is 7.59. The van der Waals surface area contributed by atoms with Gasteiger partial charge in [0.1, 0.15) is 23.4 Å². The summed E-state index contributed by atoms with van der Waals surface area (Å²) in [5.74, 6) is -1.01. The number of rotatable bonds is 12. The third-order valence-electron chi connectivity index (χ3n) is 7.27. The second-order valence-electron chi connectivity index (χ2n) is 12.5. The number of phenols is 1. The normalized spacial score (nSPS) is 14.5. The fraction of sp³-hybridized carbons (Fsp3) is 0.545. The van der Waals surface area contributed by atoms with Crippen LogP contribution in [0.15, 0.2) is 42.5 Å². The Hall–Kier alpha value is -3.26. The van der Waals surface area contributed by atoms with Gasteiger partial charge in [0, 0.05) is 11.6 Å². The number of phenolic OH excluding ortho intramolecular Hbond substituents is 1. The van der Waals surface area contributed by atoms with Crippen molar-refractivity contribution in [2.24, 2.45) is 11.8 Å². The highest BCUT2D eigenvalue weighted by molar-refractivity contribution is 6.34. The van der Waals surface area contributed by atoms with E-state index in [-0.39, 0.29) is 17.2 Å². The molecule has 0 heterocycles. The molecular weight excluding hydrogens is 554 g/mol.